The molecular formula is C17H21NO5S2. The molecule has 3 rings (SSSR count). The van der Waals surface area contributed by atoms with E-state index in [4.69, 9.17) is 4.42 Å². The number of hydrogen-bond donors (Lipinski definition) is 0. The highest BCUT2D eigenvalue weighted by atomic mass is 32.2. The average molecular weight is 383 g/mol. The number of sulfonamides is 1. The zero-order chi connectivity index (χ0) is 18.2. The van der Waals surface area contributed by atoms with Gasteiger partial charge in [-0.05, 0) is 49.6 Å². The molecule has 1 atom stereocenters. The van der Waals surface area contributed by atoms with E-state index in [1.54, 1.807) is 31.2 Å². The van der Waals surface area contributed by atoms with Crippen molar-refractivity contribution in [1.29, 1.82) is 0 Å². The quantitative estimate of drug-likeness (QED) is 0.791. The topological polar surface area (TPSA) is 84.7 Å². The van der Waals surface area contributed by atoms with Crippen molar-refractivity contribution in [2.75, 3.05) is 11.5 Å². The molecular weight excluding hydrogens is 362 g/mol. The molecule has 1 saturated heterocycles. The Morgan fingerprint density at radius 3 is 2.60 bits per heavy atom. The Morgan fingerprint density at radius 2 is 2.00 bits per heavy atom. The molecule has 25 heavy (non-hydrogen) atoms. The maximum Gasteiger partial charge on any atom is 0.244 e. The molecule has 2 heterocycles. The van der Waals surface area contributed by atoms with Crippen molar-refractivity contribution >= 4 is 19.9 Å². The predicted octanol–water partition coefficient (Wildman–Crippen LogP) is 2.27. The smallest absolute Gasteiger partial charge is 0.244 e. The molecule has 1 aliphatic rings. The summed E-state index contributed by atoms with van der Waals surface area (Å²) in [6.45, 7) is 3.58. The van der Waals surface area contributed by atoms with Crippen LogP contribution in [0.4, 0.5) is 0 Å². The molecule has 0 bridgehead atoms. The summed E-state index contributed by atoms with van der Waals surface area (Å²) in [4.78, 5) is 0.211. The summed E-state index contributed by atoms with van der Waals surface area (Å²) >= 11 is 0. The van der Waals surface area contributed by atoms with Crippen molar-refractivity contribution in [3.63, 3.8) is 0 Å². The summed E-state index contributed by atoms with van der Waals surface area (Å²) in [5, 5.41) is 0. The van der Waals surface area contributed by atoms with Gasteiger partial charge in [-0.25, -0.2) is 16.8 Å². The second kappa shape index (κ2) is 6.59. The van der Waals surface area contributed by atoms with Crippen molar-refractivity contribution in [2.24, 2.45) is 0 Å². The first kappa shape index (κ1) is 18.2. The zero-order valence-corrected chi connectivity index (χ0v) is 15.8. The molecule has 0 N–H and O–H groups in total. The number of benzene rings is 1. The highest BCUT2D eigenvalue weighted by molar-refractivity contribution is 7.92. The Hall–Kier alpha value is -1.64. The molecule has 0 spiro atoms. The fourth-order valence-corrected chi connectivity index (χ4v) is 6.84. The number of nitrogens with zero attached hydrogens (tertiary/aromatic N) is 1. The van der Waals surface area contributed by atoms with Crippen LogP contribution >= 0.6 is 0 Å². The van der Waals surface area contributed by atoms with Crippen LogP contribution < -0.4 is 0 Å². The van der Waals surface area contributed by atoms with Crippen molar-refractivity contribution in [3.8, 4) is 0 Å². The number of sulfone groups is 1. The summed E-state index contributed by atoms with van der Waals surface area (Å²) in [7, 11) is -7.07. The molecule has 0 saturated carbocycles. The first-order chi connectivity index (χ1) is 11.7. The van der Waals surface area contributed by atoms with Crippen LogP contribution in [0.5, 0.6) is 0 Å². The molecule has 0 unspecified atom stereocenters. The molecule has 1 fully saturated rings. The minimum absolute atomic E-state index is 0.00857. The van der Waals surface area contributed by atoms with E-state index in [9.17, 15) is 16.8 Å². The van der Waals surface area contributed by atoms with Gasteiger partial charge >= 0.3 is 0 Å². The minimum atomic E-state index is -3.86. The van der Waals surface area contributed by atoms with E-state index in [0.717, 1.165) is 5.56 Å². The van der Waals surface area contributed by atoms with Crippen molar-refractivity contribution in [1.82, 2.24) is 4.31 Å². The molecule has 6 nitrogen and oxygen atoms in total. The highest BCUT2D eigenvalue weighted by Crippen LogP contribution is 2.29. The van der Waals surface area contributed by atoms with Crippen LogP contribution in [0.25, 0.3) is 0 Å². The first-order valence-corrected chi connectivity index (χ1v) is 11.3. The van der Waals surface area contributed by atoms with E-state index in [1.165, 1.54) is 10.6 Å². The lowest BCUT2D eigenvalue weighted by Gasteiger charge is -2.27. The van der Waals surface area contributed by atoms with E-state index in [1.807, 2.05) is 13.0 Å². The molecule has 2 aromatic rings. The average Bonchev–Trinajstić information content (AvgIpc) is 3.16. The van der Waals surface area contributed by atoms with Gasteiger partial charge in [-0.2, -0.15) is 4.31 Å². The van der Waals surface area contributed by atoms with Crippen LogP contribution in [-0.2, 0) is 26.4 Å². The van der Waals surface area contributed by atoms with Crippen LogP contribution in [0, 0.1) is 13.8 Å². The van der Waals surface area contributed by atoms with Crippen molar-refractivity contribution < 1.29 is 21.3 Å². The predicted molar refractivity (Wildman–Crippen MR) is 94.4 cm³/mol. The van der Waals surface area contributed by atoms with Crippen LogP contribution in [0.2, 0.25) is 0 Å². The third-order valence-electron chi connectivity index (χ3n) is 4.44. The van der Waals surface area contributed by atoms with Gasteiger partial charge in [0.2, 0.25) is 10.0 Å². The lowest BCUT2D eigenvalue weighted by atomic mass is 10.2. The van der Waals surface area contributed by atoms with E-state index in [0.29, 0.717) is 17.7 Å². The number of aryl methyl sites for hydroxylation is 2. The highest BCUT2D eigenvalue weighted by Gasteiger charge is 2.39. The van der Waals surface area contributed by atoms with Gasteiger partial charge in [-0.15, -0.1) is 0 Å². The summed E-state index contributed by atoms with van der Waals surface area (Å²) in [5.41, 5.74) is 1.47. The van der Waals surface area contributed by atoms with E-state index >= 15 is 0 Å². The molecule has 0 amide bonds. The Kier molecular flexibility index (Phi) is 4.78. The molecule has 136 valence electrons. The van der Waals surface area contributed by atoms with Crippen LogP contribution in [-0.4, -0.2) is 38.7 Å². The number of rotatable bonds is 5. The summed E-state index contributed by atoms with van der Waals surface area (Å²) in [6, 6.07) is 8.03. The van der Waals surface area contributed by atoms with Gasteiger partial charge in [0.05, 0.1) is 29.2 Å². The molecule has 1 aromatic heterocycles. The fourth-order valence-electron chi connectivity index (χ4n) is 3.08. The third-order valence-corrected chi connectivity index (χ3v) is 8.23. The Morgan fingerprint density at radius 1 is 1.24 bits per heavy atom. The summed E-state index contributed by atoms with van der Waals surface area (Å²) in [6.07, 6.45) is 1.77. The van der Waals surface area contributed by atoms with Crippen LogP contribution in [0.1, 0.15) is 23.3 Å². The number of furan rings is 1. The summed E-state index contributed by atoms with van der Waals surface area (Å²) < 4.78 is 57.0. The van der Waals surface area contributed by atoms with Crippen LogP contribution in [0.15, 0.2) is 45.9 Å². The monoisotopic (exact) mass is 383 g/mol. The van der Waals surface area contributed by atoms with Gasteiger partial charge in [0, 0.05) is 6.04 Å². The second-order valence-corrected chi connectivity index (χ2v) is 10.5. The summed E-state index contributed by atoms with van der Waals surface area (Å²) in [5.74, 6) is 0.338. The third kappa shape index (κ3) is 3.80. The van der Waals surface area contributed by atoms with E-state index in [-0.39, 0.29) is 22.9 Å². The maximum atomic E-state index is 13.3. The van der Waals surface area contributed by atoms with E-state index in [2.05, 4.69) is 0 Å². The fraction of sp³-hybridized carbons (Fsp3) is 0.412. The molecule has 1 aliphatic heterocycles. The maximum absolute atomic E-state index is 13.3. The Bertz CT molecular complexity index is 962. The SMILES string of the molecule is Cc1ccc(C)c(S(=O)(=O)N(Cc2ccco2)[C@@H]2CCS(=O)(=O)C2)c1. The largest absolute Gasteiger partial charge is 0.468 e. The minimum Gasteiger partial charge on any atom is -0.468 e. The van der Waals surface area contributed by atoms with Gasteiger partial charge in [0.1, 0.15) is 5.76 Å². The molecule has 8 heteroatoms. The Balaban J connectivity index is 2.05. The van der Waals surface area contributed by atoms with Gasteiger partial charge < -0.3 is 4.42 Å². The standard InChI is InChI=1S/C17H21NO5S2/c1-13-5-6-14(2)17(10-13)25(21,22)18(11-16-4-3-8-23-16)15-7-9-24(19,20)12-15/h3-6,8,10,15H,7,9,11-12H2,1-2H3/t15-/m1/s1. The first-order valence-electron chi connectivity index (χ1n) is 8.01. The second-order valence-electron chi connectivity index (χ2n) is 6.46. The Labute approximate surface area is 148 Å². The van der Waals surface area contributed by atoms with Gasteiger partial charge in [0.25, 0.3) is 0 Å². The number of hydrogen-bond acceptors (Lipinski definition) is 5. The normalized spacial score (nSPS) is 20.2. The molecule has 0 aliphatic carbocycles. The molecule has 0 radical (unpaired) electrons. The van der Waals surface area contributed by atoms with Crippen LogP contribution in [0.3, 0.4) is 0 Å². The van der Waals surface area contributed by atoms with Crippen molar-refractivity contribution in [2.45, 2.75) is 37.8 Å². The lowest BCUT2D eigenvalue weighted by Crippen LogP contribution is -2.40. The van der Waals surface area contributed by atoms with E-state index < -0.39 is 25.9 Å². The van der Waals surface area contributed by atoms with Crippen molar-refractivity contribution in [3.05, 3.63) is 53.5 Å². The lowest BCUT2D eigenvalue weighted by molar-refractivity contribution is 0.306. The zero-order valence-electron chi connectivity index (χ0n) is 14.2. The van der Waals surface area contributed by atoms with Gasteiger partial charge in [-0.3, -0.25) is 0 Å². The van der Waals surface area contributed by atoms with Gasteiger partial charge in [-0.1, -0.05) is 12.1 Å². The van der Waals surface area contributed by atoms with Gasteiger partial charge in [0.15, 0.2) is 9.84 Å². The molecule has 1 aromatic carbocycles.